The van der Waals surface area contributed by atoms with Crippen molar-refractivity contribution in [2.24, 2.45) is 0 Å². The fraction of sp³-hybridized carbons (Fsp3) is 0.938. The summed E-state index contributed by atoms with van der Waals surface area (Å²) < 4.78 is 0. The molecule has 106 valence electrons. The number of Topliss-reactive ketones (excluding diaryl/α,β-unsaturated/α-hetero) is 1. The number of rotatable bonds is 10. The molecule has 1 saturated heterocycles. The average Bonchev–Trinajstić information content (AvgIpc) is 2.39. The van der Waals surface area contributed by atoms with Crippen LogP contribution in [0.1, 0.15) is 77.6 Å². The van der Waals surface area contributed by atoms with Gasteiger partial charge in [0.25, 0.3) is 0 Å². The number of unbranched alkanes of at least 4 members (excludes halogenated alkanes) is 6. The minimum absolute atomic E-state index is 0.463. The van der Waals surface area contributed by atoms with Crippen molar-refractivity contribution in [2.75, 3.05) is 19.6 Å². The van der Waals surface area contributed by atoms with E-state index in [1.807, 2.05) is 0 Å². The Morgan fingerprint density at radius 1 is 0.889 bits per heavy atom. The largest absolute Gasteiger partial charge is 0.298 e. The van der Waals surface area contributed by atoms with Crippen LogP contribution in [-0.4, -0.2) is 30.3 Å². The van der Waals surface area contributed by atoms with Crippen LogP contribution in [0.4, 0.5) is 0 Å². The number of carbonyl (C=O) groups excluding carboxylic acids is 1. The second-order valence-electron chi connectivity index (χ2n) is 5.75. The summed E-state index contributed by atoms with van der Waals surface area (Å²) in [5.74, 6) is 0.463. The number of hydrogen-bond donors (Lipinski definition) is 0. The van der Waals surface area contributed by atoms with Gasteiger partial charge in [-0.25, -0.2) is 0 Å². The monoisotopic (exact) mass is 253 g/mol. The first-order chi connectivity index (χ1) is 8.83. The first-order valence-corrected chi connectivity index (χ1v) is 8.07. The SMILES string of the molecule is CCCCCCCCCC(=O)CN1CCCCC1. The molecular weight excluding hydrogens is 222 g/mol. The molecule has 0 radical (unpaired) electrons. The third-order valence-corrected chi connectivity index (χ3v) is 3.91. The topological polar surface area (TPSA) is 20.3 Å². The molecule has 0 amide bonds. The highest BCUT2D eigenvalue weighted by atomic mass is 16.1. The van der Waals surface area contributed by atoms with Gasteiger partial charge in [-0.3, -0.25) is 9.69 Å². The molecular formula is C16H31NO. The summed E-state index contributed by atoms with van der Waals surface area (Å²) in [4.78, 5) is 14.1. The molecule has 0 aromatic rings. The lowest BCUT2D eigenvalue weighted by molar-refractivity contribution is -0.120. The van der Waals surface area contributed by atoms with Crippen LogP contribution in [0.15, 0.2) is 0 Å². The van der Waals surface area contributed by atoms with Gasteiger partial charge in [0.2, 0.25) is 0 Å². The van der Waals surface area contributed by atoms with E-state index in [0.717, 1.165) is 32.5 Å². The van der Waals surface area contributed by atoms with E-state index in [9.17, 15) is 4.79 Å². The maximum absolute atomic E-state index is 11.8. The lowest BCUT2D eigenvalue weighted by atomic mass is 10.1. The molecule has 0 bridgehead atoms. The molecule has 0 N–H and O–H groups in total. The molecule has 0 aromatic carbocycles. The van der Waals surface area contributed by atoms with Gasteiger partial charge in [-0.1, -0.05) is 51.9 Å². The van der Waals surface area contributed by atoms with E-state index in [1.54, 1.807) is 0 Å². The first-order valence-electron chi connectivity index (χ1n) is 8.07. The number of ketones is 1. The Bertz CT molecular complexity index is 209. The molecule has 0 saturated carbocycles. The molecule has 0 aliphatic carbocycles. The Kier molecular flexibility index (Phi) is 9.19. The fourth-order valence-electron chi connectivity index (χ4n) is 2.73. The minimum Gasteiger partial charge on any atom is -0.298 e. The first kappa shape index (κ1) is 15.7. The van der Waals surface area contributed by atoms with Gasteiger partial charge in [0.15, 0.2) is 0 Å². The standard InChI is InChI=1S/C16H31NO/c1-2-3-4-5-6-7-9-12-16(18)15-17-13-10-8-11-14-17/h2-15H2,1H3. The Morgan fingerprint density at radius 3 is 2.17 bits per heavy atom. The quantitative estimate of drug-likeness (QED) is 0.544. The molecule has 1 aliphatic rings. The maximum Gasteiger partial charge on any atom is 0.146 e. The molecule has 0 spiro atoms. The Labute approximate surface area is 113 Å². The molecule has 2 nitrogen and oxygen atoms in total. The smallest absolute Gasteiger partial charge is 0.146 e. The van der Waals surface area contributed by atoms with Crippen molar-refractivity contribution >= 4 is 5.78 Å². The zero-order valence-electron chi connectivity index (χ0n) is 12.3. The van der Waals surface area contributed by atoms with Crippen LogP contribution in [0.2, 0.25) is 0 Å². The normalized spacial score (nSPS) is 16.9. The zero-order valence-corrected chi connectivity index (χ0v) is 12.3. The molecule has 18 heavy (non-hydrogen) atoms. The highest BCUT2D eigenvalue weighted by molar-refractivity contribution is 5.80. The van der Waals surface area contributed by atoms with Gasteiger partial charge in [0.05, 0.1) is 6.54 Å². The van der Waals surface area contributed by atoms with E-state index in [4.69, 9.17) is 0 Å². The van der Waals surface area contributed by atoms with Crippen molar-refractivity contribution in [2.45, 2.75) is 77.6 Å². The number of hydrogen-bond acceptors (Lipinski definition) is 2. The summed E-state index contributed by atoms with van der Waals surface area (Å²) in [5, 5.41) is 0. The molecule has 1 rings (SSSR count). The van der Waals surface area contributed by atoms with Crippen molar-refractivity contribution in [1.29, 1.82) is 0 Å². The number of likely N-dealkylation sites (tertiary alicyclic amines) is 1. The van der Waals surface area contributed by atoms with E-state index >= 15 is 0 Å². The Balaban J connectivity index is 1.90. The van der Waals surface area contributed by atoms with Crippen LogP contribution in [0.25, 0.3) is 0 Å². The lowest BCUT2D eigenvalue weighted by Gasteiger charge is -2.25. The summed E-state index contributed by atoms with van der Waals surface area (Å²) in [6, 6.07) is 0. The van der Waals surface area contributed by atoms with Crippen molar-refractivity contribution in [3.63, 3.8) is 0 Å². The van der Waals surface area contributed by atoms with Gasteiger partial charge in [-0.15, -0.1) is 0 Å². The van der Waals surface area contributed by atoms with E-state index in [0.29, 0.717) is 5.78 Å². The van der Waals surface area contributed by atoms with Crippen molar-refractivity contribution in [3.05, 3.63) is 0 Å². The van der Waals surface area contributed by atoms with E-state index in [-0.39, 0.29) is 0 Å². The number of piperidine rings is 1. The van der Waals surface area contributed by atoms with Crippen LogP contribution < -0.4 is 0 Å². The molecule has 2 heteroatoms. The summed E-state index contributed by atoms with van der Waals surface area (Å²) in [5.41, 5.74) is 0. The number of carbonyl (C=O) groups is 1. The van der Waals surface area contributed by atoms with Gasteiger partial charge in [-0.2, -0.15) is 0 Å². The highest BCUT2D eigenvalue weighted by Gasteiger charge is 2.13. The van der Waals surface area contributed by atoms with E-state index in [1.165, 1.54) is 57.8 Å². The summed E-state index contributed by atoms with van der Waals surface area (Å²) in [7, 11) is 0. The predicted octanol–water partition coefficient (Wildman–Crippen LogP) is 4.18. The third kappa shape index (κ3) is 7.86. The summed E-state index contributed by atoms with van der Waals surface area (Å²) in [6.07, 6.45) is 13.8. The third-order valence-electron chi connectivity index (χ3n) is 3.91. The van der Waals surface area contributed by atoms with Crippen molar-refractivity contribution in [3.8, 4) is 0 Å². The van der Waals surface area contributed by atoms with Crippen LogP contribution in [0.5, 0.6) is 0 Å². The van der Waals surface area contributed by atoms with Gasteiger partial charge >= 0.3 is 0 Å². The van der Waals surface area contributed by atoms with E-state index < -0.39 is 0 Å². The van der Waals surface area contributed by atoms with Crippen LogP contribution in [0, 0.1) is 0 Å². The van der Waals surface area contributed by atoms with Gasteiger partial charge < -0.3 is 0 Å². The second-order valence-corrected chi connectivity index (χ2v) is 5.75. The van der Waals surface area contributed by atoms with Gasteiger partial charge in [0.1, 0.15) is 5.78 Å². The van der Waals surface area contributed by atoms with E-state index in [2.05, 4.69) is 11.8 Å². The fourth-order valence-corrected chi connectivity index (χ4v) is 2.73. The predicted molar refractivity (Wildman–Crippen MR) is 77.9 cm³/mol. The van der Waals surface area contributed by atoms with Crippen LogP contribution in [-0.2, 0) is 4.79 Å². The van der Waals surface area contributed by atoms with Crippen LogP contribution in [0.3, 0.4) is 0 Å². The maximum atomic E-state index is 11.8. The second kappa shape index (κ2) is 10.5. The zero-order chi connectivity index (χ0) is 13.1. The highest BCUT2D eigenvalue weighted by Crippen LogP contribution is 2.11. The molecule has 0 unspecified atom stereocenters. The Hall–Kier alpha value is -0.370. The average molecular weight is 253 g/mol. The molecule has 1 heterocycles. The summed E-state index contributed by atoms with van der Waals surface area (Å²) >= 11 is 0. The molecule has 0 atom stereocenters. The molecule has 1 fully saturated rings. The molecule has 1 aliphatic heterocycles. The van der Waals surface area contributed by atoms with Crippen molar-refractivity contribution in [1.82, 2.24) is 4.90 Å². The van der Waals surface area contributed by atoms with Crippen molar-refractivity contribution < 1.29 is 4.79 Å². The Morgan fingerprint density at radius 2 is 1.50 bits per heavy atom. The molecule has 0 aromatic heterocycles. The summed E-state index contributed by atoms with van der Waals surface area (Å²) in [6.45, 7) is 5.25. The van der Waals surface area contributed by atoms with Crippen LogP contribution >= 0.6 is 0 Å². The van der Waals surface area contributed by atoms with Gasteiger partial charge in [0, 0.05) is 6.42 Å². The lowest BCUT2D eigenvalue weighted by Crippen LogP contribution is -2.34. The van der Waals surface area contributed by atoms with Gasteiger partial charge in [-0.05, 0) is 32.4 Å². The minimum atomic E-state index is 0.463. The number of nitrogens with zero attached hydrogens (tertiary/aromatic N) is 1.